The molecule has 0 fully saturated rings. The van der Waals surface area contributed by atoms with Crippen molar-refractivity contribution in [3.63, 3.8) is 0 Å². The molecule has 0 saturated heterocycles. The highest BCUT2D eigenvalue weighted by molar-refractivity contribution is 14.0. The molecule has 0 atom stereocenters. The minimum atomic E-state index is 0. The van der Waals surface area contributed by atoms with Crippen LogP contribution in [-0.4, -0.2) is 44.9 Å². The molecule has 28 heavy (non-hydrogen) atoms. The van der Waals surface area contributed by atoms with Crippen molar-refractivity contribution < 1.29 is 0 Å². The number of guanidine groups is 1. The van der Waals surface area contributed by atoms with Crippen LogP contribution in [0.5, 0.6) is 0 Å². The lowest BCUT2D eigenvalue weighted by Crippen LogP contribution is -2.38. The quantitative estimate of drug-likeness (QED) is 0.249. The molecule has 0 aromatic carbocycles. The number of pyridine rings is 1. The molecule has 0 spiro atoms. The maximum Gasteiger partial charge on any atom is 0.345 e. The summed E-state index contributed by atoms with van der Waals surface area (Å²) in [6, 6.07) is 5.94. The van der Waals surface area contributed by atoms with Crippen molar-refractivity contribution in [2.75, 3.05) is 19.6 Å². The highest BCUT2D eigenvalue weighted by Gasteiger charge is 2.16. The summed E-state index contributed by atoms with van der Waals surface area (Å²) in [5.74, 6) is 1.73. The Labute approximate surface area is 182 Å². The normalized spacial score (nSPS) is 13.5. The Hall–Kier alpha value is -1.91. The van der Waals surface area contributed by atoms with Crippen molar-refractivity contribution in [3.8, 4) is 0 Å². The summed E-state index contributed by atoms with van der Waals surface area (Å²) in [5.41, 5.74) is 1.08. The first kappa shape index (κ1) is 22.4. The first-order valence-corrected chi connectivity index (χ1v) is 9.86. The fourth-order valence-corrected chi connectivity index (χ4v) is 3.20. The molecule has 0 amide bonds. The molecular weight excluding hydrogens is 469 g/mol. The molecule has 3 heterocycles. The van der Waals surface area contributed by atoms with Gasteiger partial charge in [0.15, 0.2) is 5.96 Å². The summed E-state index contributed by atoms with van der Waals surface area (Å²) in [5, 5.41) is 11.0. The van der Waals surface area contributed by atoms with Crippen LogP contribution in [0.2, 0.25) is 0 Å². The Morgan fingerprint density at radius 1 is 1.29 bits per heavy atom. The Kier molecular flexibility index (Phi) is 9.45. The van der Waals surface area contributed by atoms with Crippen molar-refractivity contribution in [1.29, 1.82) is 0 Å². The zero-order chi connectivity index (χ0) is 18.9. The lowest BCUT2D eigenvalue weighted by atomic mass is 10.2. The van der Waals surface area contributed by atoms with Crippen LogP contribution in [0.4, 0.5) is 0 Å². The van der Waals surface area contributed by atoms with Gasteiger partial charge in [-0.2, -0.15) is 5.10 Å². The number of aromatic nitrogens is 4. The fourth-order valence-electron chi connectivity index (χ4n) is 3.20. The predicted molar refractivity (Wildman–Crippen MR) is 121 cm³/mol. The molecule has 0 aliphatic carbocycles. The molecule has 154 valence electrons. The maximum atomic E-state index is 12.3. The standard InChI is InChI=1S/C19H29N7O.HI/c1-2-20-18(23-13-10-16-8-3-5-11-21-16)22-12-7-15-26-19(27)25-14-6-4-9-17(25)24-26;/h3,5,8,11H,2,4,6-7,9-10,12-15H2,1H3,(H2,20,22,23);1H. The molecule has 1 aliphatic heterocycles. The van der Waals surface area contributed by atoms with Gasteiger partial charge in [-0.25, -0.2) is 9.48 Å². The van der Waals surface area contributed by atoms with Crippen LogP contribution >= 0.6 is 24.0 Å². The molecule has 0 radical (unpaired) electrons. The average molecular weight is 499 g/mol. The zero-order valence-electron chi connectivity index (χ0n) is 16.4. The number of aliphatic imine (C=N–C) groups is 1. The van der Waals surface area contributed by atoms with Gasteiger partial charge in [-0.3, -0.25) is 14.5 Å². The molecule has 3 rings (SSSR count). The Balaban J connectivity index is 0.00000280. The molecule has 0 unspecified atom stereocenters. The van der Waals surface area contributed by atoms with E-state index < -0.39 is 0 Å². The molecule has 9 heteroatoms. The summed E-state index contributed by atoms with van der Waals surface area (Å²) in [6.07, 6.45) is 6.54. The zero-order valence-corrected chi connectivity index (χ0v) is 18.8. The van der Waals surface area contributed by atoms with Gasteiger partial charge in [0.05, 0.1) is 0 Å². The number of aryl methyl sites for hydroxylation is 2. The molecule has 0 bridgehead atoms. The Morgan fingerprint density at radius 3 is 2.93 bits per heavy atom. The maximum absolute atomic E-state index is 12.3. The van der Waals surface area contributed by atoms with E-state index in [1.165, 1.54) is 0 Å². The third-order valence-corrected chi connectivity index (χ3v) is 4.57. The summed E-state index contributed by atoms with van der Waals surface area (Å²) in [4.78, 5) is 21.2. The second-order valence-electron chi connectivity index (χ2n) is 6.64. The van der Waals surface area contributed by atoms with E-state index in [9.17, 15) is 4.79 Å². The van der Waals surface area contributed by atoms with Gasteiger partial charge in [0.25, 0.3) is 0 Å². The SMILES string of the molecule is CCNC(=NCCCn1nc2n(c1=O)CCCC2)NCCc1ccccn1.I. The van der Waals surface area contributed by atoms with Gasteiger partial charge < -0.3 is 10.6 Å². The smallest absolute Gasteiger partial charge is 0.345 e. The third-order valence-electron chi connectivity index (χ3n) is 4.57. The van der Waals surface area contributed by atoms with E-state index >= 15 is 0 Å². The summed E-state index contributed by atoms with van der Waals surface area (Å²) in [6.45, 7) is 5.68. The van der Waals surface area contributed by atoms with Crippen LogP contribution in [0.15, 0.2) is 34.2 Å². The van der Waals surface area contributed by atoms with E-state index in [2.05, 4.69) is 25.7 Å². The topological polar surface area (TPSA) is 89.1 Å². The van der Waals surface area contributed by atoms with Crippen LogP contribution in [0.1, 0.15) is 37.7 Å². The van der Waals surface area contributed by atoms with E-state index in [4.69, 9.17) is 0 Å². The van der Waals surface area contributed by atoms with Crippen LogP contribution in [0.25, 0.3) is 0 Å². The predicted octanol–water partition coefficient (Wildman–Crippen LogP) is 1.58. The highest BCUT2D eigenvalue weighted by Crippen LogP contribution is 2.09. The lowest BCUT2D eigenvalue weighted by molar-refractivity contribution is 0.509. The number of rotatable bonds is 8. The van der Waals surface area contributed by atoms with Crippen molar-refractivity contribution >= 4 is 29.9 Å². The van der Waals surface area contributed by atoms with Crippen molar-refractivity contribution in [1.82, 2.24) is 30.0 Å². The van der Waals surface area contributed by atoms with E-state index in [1.807, 2.05) is 35.9 Å². The largest absolute Gasteiger partial charge is 0.357 e. The van der Waals surface area contributed by atoms with Crippen molar-refractivity contribution in [2.45, 2.75) is 52.1 Å². The van der Waals surface area contributed by atoms with E-state index in [0.717, 1.165) is 69.2 Å². The van der Waals surface area contributed by atoms with Gasteiger partial charge in [-0.05, 0) is 38.3 Å². The molecule has 2 N–H and O–H groups in total. The molecule has 2 aromatic rings. The first-order valence-electron chi connectivity index (χ1n) is 9.86. The average Bonchev–Trinajstić information content (AvgIpc) is 3.02. The number of halogens is 1. The van der Waals surface area contributed by atoms with E-state index in [0.29, 0.717) is 13.1 Å². The van der Waals surface area contributed by atoms with Gasteiger partial charge in [-0.15, -0.1) is 24.0 Å². The van der Waals surface area contributed by atoms with Gasteiger partial charge in [-0.1, -0.05) is 6.07 Å². The van der Waals surface area contributed by atoms with Crippen LogP contribution in [-0.2, 0) is 25.9 Å². The summed E-state index contributed by atoms with van der Waals surface area (Å²) in [7, 11) is 0. The monoisotopic (exact) mass is 499 g/mol. The van der Waals surface area contributed by atoms with E-state index in [-0.39, 0.29) is 29.7 Å². The molecule has 8 nitrogen and oxygen atoms in total. The first-order chi connectivity index (χ1) is 13.3. The molecule has 2 aromatic heterocycles. The van der Waals surface area contributed by atoms with Gasteiger partial charge in [0.2, 0.25) is 0 Å². The van der Waals surface area contributed by atoms with Crippen molar-refractivity contribution in [3.05, 3.63) is 46.4 Å². The van der Waals surface area contributed by atoms with Crippen molar-refractivity contribution in [2.24, 2.45) is 4.99 Å². The molecule has 0 saturated carbocycles. The van der Waals surface area contributed by atoms with Crippen LogP contribution in [0, 0.1) is 0 Å². The minimum Gasteiger partial charge on any atom is -0.357 e. The summed E-state index contributed by atoms with van der Waals surface area (Å²) < 4.78 is 3.41. The third kappa shape index (κ3) is 6.32. The Bertz CT molecular complexity index is 800. The van der Waals surface area contributed by atoms with Crippen LogP contribution in [0.3, 0.4) is 0 Å². The number of nitrogens with zero attached hydrogens (tertiary/aromatic N) is 5. The van der Waals surface area contributed by atoms with Gasteiger partial charge in [0, 0.05) is 57.5 Å². The minimum absolute atomic E-state index is 0. The second kappa shape index (κ2) is 11.8. The number of hydrogen-bond donors (Lipinski definition) is 2. The van der Waals surface area contributed by atoms with Gasteiger partial charge >= 0.3 is 5.69 Å². The number of fused-ring (bicyclic) bond motifs is 1. The highest BCUT2D eigenvalue weighted by atomic mass is 127. The van der Waals surface area contributed by atoms with Gasteiger partial charge in [0.1, 0.15) is 5.82 Å². The fraction of sp³-hybridized carbons (Fsp3) is 0.579. The molecule has 1 aliphatic rings. The number of hydrogen-bond acceptors (Lipinski definition) is 4. The molecular formula is C19H30IN7O. The lowest BCUT2D eigenvalue weighted by Gasteiger charge is -2.11. The van der Waals surface area contributed by atoms with E-state index in [1.54, 1.807) is 4.68 Å². The summed E-state index contributed by atoms with van der Waals surface area (Å²) >= 11 is 0. The Morgan fingerprint density at radius 2 is 2.18 bits per heavy atom. The van der Waals surface area contributed by atoms with Crippen LogP contribution < -0.4 is 16.3 Å². The second-order valence-corrected chi connectivity index (χ2v) is 6.64. The number of nitrogens with one attached hydrogen (secondary N) is 2.